The lowest BCUT2D eigenvalue weighted by molar-refractivity contribution is 0.0760. The molecule has 102 valence electrons. The van der Waals surface area contributed by atoms with Crippen molar-refractivity contribution in [1.82, 2.24) is 14.7 Å². The summed E-state index contributed by atoms with van der Waals surface area (Å²) in [6, 6.07) is 3.18. The number of hydrogen-bond acceptors (Lipinski definition) is 4. The van der Waals surface area contributed by atoms with Crippen LogP contribution in [0.15, 0.2) is 28.9 Å². The fourth-order valence-corrected chi connectivity index (χ4v) is 1.77. The van der Waals surface area contributed by atoms with Gasteiger partial charge in [0.05, 0.1) is 6.20 Å². The molecule has 6 heteroatoms. The van der Waals surface area contributed by atoms with Gasteiger partial charge in [-0.15, -0.1) is 0 Å². The number of aliphatic hydroxyl groups excluding tert-OH is 1. The molecule has 0 aliphatic heterocycles. The third-order valence-corrected chi connectivity index (χ3v) is 2.87. The lowest BCUT2D eigenvalue weighted by atomic mass is 10.2. The quantitative estimate of drug-likeness (QED) is 0.867. The minimum absolute atomic E-state index is 0.191. The molecule has 1 N–H and O–H groups in total. The van der Waals surface area contributed by atoms with Crippen molar-refractivity contribution >= 4 is 5.91 Å². The van der Waals surface area contributed by atoms with Crippen LogP contribution in [0.5, 0.6) is 0 Å². The Morgan fingerprint density at radius 1 is 1.53 bits per heavy atom. The molecule has 2 rings (SSSR count). The molecule has 2 heterocycles. The van der Waals surface area contributed by atoms with E-state index in [0.717, 1.165) is 12.0 Å². The van der Waals surface area contributed by atoms with E-state index in [1.165, 1.54) is 0 Å². The van der Waals surface area contributed by atoms with E-state index in [1.54, 1.807) is 35.0 Å². The molecule has 0 aromatic carbocycles. The Kier molecular flexibility index (Phi) is 4.01. The summed E-state index contributed by atoms with van der Waals surface area (Å²) in [5.41, 5.74) is 1.08. The first kappa shape index (κ1) is 13.4. The summed E-state index contributed by atoms with van der Waals surface area (Å²) in [6.07, 6.45) is 4.45. The van der Waals surface area contributed by atoms with Gasteiger partial charge in [-0.1, -0.05) is 0 Å². The van der Waals surface area contributed by atoms with Gasteiger partial charge in [0.1, 0.15) is 12.4 Å². The van der Waals surface area contributed by atoms with Crippen LogP contribution in [-0.4, -0.2) is 39.3 Å². The second-order valence-electron chi connectivity index (χ2n) is 4.42. The number of aliphatic hydroxyl groups is 1. The second kappa shape index (κ2) is 5.71. The summed E-state index contributed by atoms with van der Waals surface area (Å²) in [5.74, 6) is 0.449. The molecule has 0 saturated heterocycles. The Morgan fingerprint density at radius 3 is 2.89 bits per heavy atom. The molecule has 0 aliphatic carbocycles. The van der Waals surface area contributed by atoms with Crippen LogP contribution in [0.2, 0.25) is 0 Å². The molecular formula is C13H17N3O3. The summed E-state index contributed by atoms with van der Waals surface area (Å²) >= 11 is 0. The van der Waals surface area contributed by atoms with Crippen LogP contribution in [0, 0.1) is 0 Å². The van der Waals surface area contributed by atoms with Crippen molar-refractivity contribution in [1.29, 1.82) is 0 Å². The van der Waals surface area contributed by atoms with Crippen molar-refractivity contribution in [2.45, 2.75) is 13.0 Å². The van der Waals surface area contributed by atoms with Crippen molar-refractivity contribution in [3.05, 3.63) is 41.6 Å². The number of hydrogen-bond donors (Lipinski definition) is 1. The van der Waals surface area contributed by atoms with Crippen molar-refractivity contribution in [3.63, 3.8) is 0 Å². The fourth-order valence-electron chi connectivity index (χ4n) is 1.77. The molecule has 1 amide bonds. The highest BCUT2D eigenvalue weighted by atomic mass is 16.4. The molecule has 0 fully saturated rings. The number of furan rings is 1. The molecular weight excluding hydrogens is 246 g/mol. The van der Waals surface area contributed by atoms with Gasteiger partial charge in [-0.2, -0.15) is 5.10 Å². The third-order valence-electron chi connectivity index (χ3n) is 2.87. The first-order chi connectivity index (χ1) is 9.10. The topological polar surface area (TPSA) is 71.5 Å². The number of aryl methyl sites for hydroxylation is 1. The van der Waals surface area contributed by atoms with Gasteiger partial charge in [-0.05, 0) is 24.1 Å². The lowest BCUT2D eigenvalue weighted by Crippen LogP contribution is -2.28. The van der Waals surface area contributed by atoms with Gasteiger partial charge >= 0.3 is 0 Å². The van der Waals surface area contributed by atoms with Crippen LogP contribution in [0.4, 0.5) is 0 Å². The van der Waals surface area contributed by atoms with E-state index < -0.39 is 0 Å². The predicted octanol–water partition coefficient (Wildman–Crippen LogP) is 0.820. The molecule has 0 spiro atoms. The third kappa shape index (κ3) is 3.23. The van der Waals surface area contributed by atoms with E-state index in [-0.39, 0.29) is 18.3 Å². The van der Waals surface area contributed by atoms with E-state index in [0.29, 0.717) is 12.3 Å². The largest absolute Gasteiger partial charge is 0.453 e. The van der Waals surface area contributed by atoms with E-state index in [9.17, 15) is 4.79 Å². The van der Waals surface area contributed by atoms with Gasteiger partial charge in [0.2, 0.25) is 0 Å². The Bertz CT molecular complexity index is 559. The Morgan fingerprint density at radius 2 is 2.32 bits per heavy atom. The lowest BCUT2D eigenvalue weighted by Gasteiger charge is -2.14. The number of nitrogens with zero attached hydrogens (tertiary/aromatic N) is 3. The maximum Gasteiger partial charge on any atom is 0.289 e. The number of carbonyl (C=O) groups is 1. The molecule has 2 aromatic rings. The Labute approximate surface area is 111 Å². The van der Waals surface area contributed by atoms with E-state index >= 15 is 0 Å². The van der Waals surface area contributed by atoms with Crippen LogP contribution in [0.25, 0.3) is 0 Å². The number of amides is 1. The van der Waals surface area contributed by atoms with E-state index in [1.807, 2.05) is 13.2 Å². The predicted molar refractivity (Wildman–Crippen MR) is 68.5 cm³/mol. The standard InChI is InChI=1S/C13H17N3O3/c1-15(6-5-10-7-14-16(2)8-10)13(18)12-4-3-11(9-17)19-12/h3-4,7-8,17H,5-6,9H2,1-2H3. The second-order valence-corrected chi connectivity index (χ2v) is 4.42. The highest BCUT2D eigenvalue weighted by molar-refractivity contribution is 5.91. The van der Waals surface area contributed by atoms with Crippen molar-refractivity contribution in [3.8, 4) is 0 Å². The zero-order valence-electron chi connectivity index (χ0n) is 11.0. The van der Waals surface area contributed by atoms with Crippen molar-refractivity contribution in [2.75, 3.05) is 13.6 Å². The van der Waals surface area contributed by atoms with Crippen LogP contribution in [-0.2, 0) is 20.1 Å². The first-order valence-electron chi connectivity index (χ1n) is 6.02. The minimum Gasteiger partial charge on any atom is -0.453 e. The van der Waals surface area contributed by atoms with Gasteiger partial charge in [-0.3, -0.25) is 9.48 Å². The van der Waals surface area contributed by atoms with Crippen molar-refractivity contribution in [2.24, 2.45) is 7.05 Å². The van der Waals surface area contributed by atoms with Gasteiger partial charge < -0.3 is 14.4 Å². The molecule has 0 saturated carbocycles. The Balaban J connectivity index is 1.92. The van der Waals surface area contributed by atoms with E-state index in [4.69, 9.17) is 9.52 Å². The normalized spacial score (nSPS) is 10.7. The highest BCUT2D eigenvalue weighted by Gasteiger charge is 2.15. The molecule has 6 nitrogen and oxygen atoms in total. The SMILES string of the molecule is CN(CCc1cnn(C)c1)C(=O)c1ccc(CO)o1. The average molecular weight is 263 g/mol. The van der Waals surface area contributed by atoms with Crippen LogP contribution in [0.3, 0.4) is 0 Å². The molecule has 19 heavy (non-hydrogen) atoms. The van der Waals surface area contributed by atoms with Gasteiger partial charge in [0, 0.05) is 26.8 Å². The highest BCUT2D eigenvalue weighted by Crippen LogP contribution is 2.10. The average Bonchev–Trinajstić information content (AvgIpc) is 3.03. The monoisotopic (exact) mass is 263 g/mol. The summed E-state index contributed by atoms with van der Waals surface area (Å²) in [7, 11) is 3.58. The van der Waals surface area contributed by atoms with E-state index in [2.05, 4.69) is 5.10 Å². The maximum absolute atomic E-state index is 12.0. The van der Waals surface area contributed by atoms with Gasteiger partial charge in [0.25, 0.3) is 5.91 Å². The van der Waals surface area contributed by atoms with Gasteiger partial charge in [0.15, 0.2) is 5.76 Å². The summed E-state index contributed by atoms with van der Waals surface area (Å²) in [4.78, 5) is 13.6. The number of likely N-dealkylation sites (N-methyl/N-ethyl adjacent to an activating group) is 1. The zero-order chi connectivity index (χ0) is 13.8. The molecule has 0 bridgehead atoms. The zero-order valence-corrected chi connectivity index (χ0v) is 11.0. The van der Waals surface area contributed by atoms with Crippen LogP contribution < -0.4 is 0 Å². The summed E-state index contributed by atoms with van der Waals surface area (Å²) in [6.45, 7) is 0.381. The smallest absolute Gasteiger partial charge is 0.289 e. The molecule has 0 radical (unpaired) electrons. The molecule has 0 unspecified atom stereocenters. The molecule has 0 aliphatic rings. The number of carbonyl (C=O) groups excluding carboxylic acids is 1. The minimum atomic E-state index is -0.202. The van der Waals surface area contributed by atoms with Crippen LogP contribution >= 0.6 is 0 Å². The molecule has 2 aromatic heterocycles. The van der Waals surface area contributed by atoms with Crippen molar-refractivity contribution < 1.29 is 14.3 Å². The fraction of sp³-hybridized carbons (Fsp3) is 0.385. The number of rotatable bonds is 5. The first-order valence-corrected chi connectivity index (χ1v) is 6.02. The van der Waals surface area contributed by atoms with Crippen LogP contribution in [0.1, 0.15) is 21.9 Å². The molecule has 0 atom stereocenters. The van der Waals surface area contributed by atoms with Gasteiger partial charge in [-0.25, -0.2) is 0 Å². The summed E-state index contributed by atoms with van der Waals surface area (Å²) < 4.78 is 6.95. The maximum atomic E-state index is 12.0. The Hall–Kier alpha value is -2.08. The summed E-state index contributed by atoms with van der Waals surface area (Å²) in [5, 5.41) is 13.0. The number of aromatic nitrogens is 2.